The van der Waals surface area contributed by atoms with Gasteiger partial charge in [-0.15, -0.1) is 0 Å². The average molecular weight is 388 g/mol. The number of nitrogens with one attached hydrogen (secondary N) is 3. The molecule has 154 valence electrons. The Morgan fingerprint density at radius 1 is 1.25 bits per heavy atom. The first-order chi connectivity index (χ1) is 13.4. The lowest BCUT2D eigenvalue weighted by Gasteiger charge is -2.20. The second-order valence-corrected chi connectivity index (χ2v) is 7.46. The molecule has 1 unspecified atom stereocenters. The van der Waals surface area contributed by atoms with Crippen LogP contribution in [0.5, 0.6) is 0 Å². The summed E-state index contributed by atoms with van der Waals surface area (Å²) in [6, 6.07) is 8.06. The van der Waals surface area contributed by atoms with E-state index in [4.69, 9.17) is 0 Å². The van der Waals surface area contributed by atoms with Crippen molar-refractivity contribution in [2.45, 2.75) is 46.6 Å². The predicted octanol–water partition coefficient (Wildman–Crippen LogP) is 2.00. The highest BCUT2D eigenvalue weighted by Gasteiger charge is 2.27. The number of benzene rings is 1. The fourth-order valence-electron chi connectivity index (χ4n) is 3.21. The van der Waals surface area contributed by atoms with E-state index in [2.05, 4.69) is 20.9 Å². The standard InChI is InChI=1S/C21H33N5O2/c1-5-22-21(25-19-11-13-26(14-19)20(28)15(2)3)23-12-10-17-6-8-18(9-7-17)24-16(4)27/h6-9,15,19H,5,10-14H2,1-4H3,(H,24,27)(H2,22,23,25). The number of carbonyl (C=O) groups excluding carboxylic acids is 2. The van der Waals surface area contributed by atoms with Crippen molar-refractivity contribution < 1.29 is 9.59 Å². The van der Waals surface area contributed by atoms with Gasteiger partial charge in [-0.25, -0.2) is 0 Å². The summed E-state index contributed by atoms with van der Waals surface area (Å²) in [6.07, 6.45) is 1.76. The number of amides is 2. The first-order valence-corrected chi connectivity index (χ1v) is 10.1. The minimum absolute atomic E-state index is 0.0395. The summed E-state index contributed by atoms with van der Waals surface area (Å²) in [6.45, 7) is 10.4. The first-order valence-electron chi connectivity index (χ1n) is 10.1. The van der Waals surface area contributed by atoms with Crippen molar-refractivity contribution in [2.75, 3.05) is 31.5 Å². The van der Waals surface area contributed by atoms with Crippen molar-refractivity contribution in [2.24, 2.45) is 10.9 Å². The van der Waals surface area contributed by atoms with E-state index in [1.807, 2.05) is 49.9 Å². The van der Waals surface area contributed by atoms with Gasteiger partial charge in [0.25, 0.3) is 0 Å². The zero-order valence-electron chi connectivity index (χ0n) is 17.4. The molecule has 1 saturated heterocycles. The molecule has 28 heavy (non-hydrogen) atoms. The summed E-state index contributed by atoms with van der Waals surface area (Å²) < 4.78 is 0. The Kier molecular flexibility index (Phi) is 8.29. The monoisotopic (exact) mass is 387 g/mol. The molecule has 0 bridgehead atoms. The lowest BCUT2D eigenvalue weighted by atomic mass is 10.1. The maximum absolute atomic E-state index is 12.1. The van der Waals surface area contributed by atoms with Crippen LogP contribution in [-0.4, -0.2) is 54.9 Å². The van der Waals surface area contributed by atoms with Gasteiger partial charge in [0.1, 0.15) is 0 Å². The van der Waals surface area contributed by atoms with E-state index in [0.29, 0.717) is 6.54 Å². The van der Waals surface area contributed by atoms with Gasteiger partial charge in [-0.05, 0) is 37.5 Å². The van der Waals surface area contributed by atoms with Gasteiger partial charge in [0.15, 0.2) is 5.96 Å². The summed E-state index contributed by atoms with van der Waals surface area (Å²) in [4.78, 5) is 29.8. The Morgan fingerprint density at radius 2 is 1.96 bits per heavy atom. The molecule has 0 aliphatic carbocycles. The van der Waals surface area contributed by atoms with Crippen molar-refractivity contribution in [3.8, 4) is 0 Å². The molecule has 0 saturated carbocycles. The lowest BCUT2D eigenvalue weighted by molar-refractivity contribution is -0.133. The van der Waals surface area contributed by atoms with E-state index in [1.165, 1.54) is 12.5 Å². The van der Waals surface area contributed by atoms with Crippen LogP contribution in [0, 0.1) is 5.92 Å². The maximum Gasteiger partial charge on any atom is 0.225 e. The molecule has 1 heterocycles. The van der Waals surface area contributed by atoms with Gasteiger partial charge in [-0.1, -0.05) is 26.0 Å². The van der Waals surface area contributed by atoms with Crippen LogP contribution < -0.4 is 16.0 Å². The number of guanidine groups is 1. The van der Waals surface area contributed by atoms with E-state index in [0.717, 1.165) is 44.1 Å². The molecule has 0 radical (unpaired) electrons. The summed E-state index contributed by atoms with van der Waals surface area (Å²) in [7, 11) is 0. The number of nitrogens with zero attached hydrogens (tertiary/aromatic N) is 2. The van der Waals surface area contributed by atoms with Gasteiger partial charge in [0.05, 0.1) is 0 Å². The van der Waals surface area contributed by atoms with Crippen LogP contribution in [0.25, 0.3) is 0 Å². The van der Waals surface area contributed by atoms with E-state index >= 15 is 0 Å². The summed E-state index contributed by atoms with van der Waals surface area (Å²) in [5, 5.41) is 9.50. The SMILES string of the molecule is CCNC(=NCCc1ccc(NC(C)=O)cc1)NC1CCN(C(=O)C(C)C)C1. The number of carbonyl (C=O) groups is 2. The zero-order valence-corrected chi connectivity index (χ0v) is 17.4. The van der Waals surface area contributed by atoms with E-state index in [9.17, 15) is 9.59 Å². The molecular formula is C21H33N5O2. The molecule has 2 amide bonds. The Labute approximate surface area is 168 Å². The van der Waals surface area contributed by atoms with Crippen LogP contribution in [-0.2, 0) is 16.0 Å². The Morgan fingerprint density at radius 3 is 2.57 bits per heavy atom. The quantitative estimate of drug-likeness (QED) is 0.493. The van der Waals surface area contributed by atoms with Crippen LogP contribution in [0.15, 0.2) is 29.3 Å². The lowest BCUT2D eigenvalue weighted by Crippen LogP contribution is -2.45. The third-order valence-electron chi connectivity index (χ3n) is 4.62. The molecule has 1 aromatic carbocycles. The third kappa shape index (κ3) is 6.87. The normalized spacial score (nSPS) is 17.0. The predicted molar refractivity (Wildman–Crippen MR) is 113 cm³/mol. The fraction of sp³-hybridized carbons (Fsp3) is 0.571. The van der Waals surface area contributed by atoms with Gasteiger partial charge in [-0.2, -0.15) is 0 Å². The summed E-state index contributed by atoms with van der Waals surface area (Å²) >= 11 is 0. The van der Waals surface area contributed by atoms with Crippen molar-refractivity contribution in [1.29, 1.82) is 0 Å². The van der Waals surface area contributed by atoms with Gasteiger partial charge >= 0.3 is 0 Å². The molecule has 3 N–H and O–H groups in total. The van der Waals surface area contributed by atoms with Crippen molar-refractivity contribution >= 4 is 23.5 Å². The van der Waals surface area contributed by atoms with Crippen LogP contribution in [0.3, 0.4) is 0 Å². The molecule has 1 atom stereocenters. The number of likely N-dealkylation sites (tertiary alicyclic amines) is 1. The summed E-state index contributed by atoms with van der Waals surface area (Å²) in [5.74, 6) is 0.979. The highest BCUT2D eigenvalue weighted by atomic mass is 16.2. The molecule has 0 aromatic heterocycles. The number of hydrogen-bond acceptors (Lipinski definition) is 3. The molecule has 1 aliphatic heterocycles. The Balaban J connectivity index is 1.85. The second-order valence-electron chi connectivity index (χ2n) is 7.46. The molecule has 1 fully saturated rings. The van der Waals surface area contributed by atoms with Crippen molar-refractivity contribution in [1.82, 2.24) is 15.5 Å². The molecule has 1 aliphatic rings. The van der Waals surface area contributed by atoms with Crippen LogP contribution in [0.1, 0.15) is 39.7 Å². The van der Waals surface area contributed by atoms with Gasteiger partial charge in [-0.3, -0.25) is 14.6 Å². The maximum atomic E-state index is 12.1. The molecule has 2 rings (SSSR count). The second kappa shape index (κ2) is 10.7. The van der Waals surface area contributed by atoms with Crippen molar-refractivity contribution in [3.05, 3.63) is 29.8 Å². The molecule has 1 aromatic rings. The molecular weight excluding hydrogens is 354 g/mol. The van der Waals surface area contributed by atoms with Crippen LogP contribution in [0.2, 0.25) is 0 Å². The van der Waals surface area contributed by atoms with Gasteiger partial charge in [0.2, 0.25) is 11.8 Å². The average Bonchev–Trinajstić information content (AvgIpc) is 3.10. The minimum Gasteiger partial charge on any atom is -0.357 e. The van der Waals surface area contributed by atoms with E-state index in [1.54, 1.807) is 0 Å². The highest BCUT2D eigenvalue weighted by molar-refractivity contribution is 5.88. The Hall–Kier alpha value is -2.57. The Bertz CT molecular complexity index is 685. The first kappa shape index (κ1) is 21.7. The molecule has 0 spiro atoms. The van der Waals surface area contributed by atoms with Gasteiger partial charge < -0.3 is 20.9 Å². The number of aliphatic imine (C=N–C) groups is 1. The van der Waals surface area contributed by atoms with Gasteiger partial charge in [0, 0.05) is 50.7 Å². The highest BCUT2D eigenvalue weighted by Crippen LogP contribution is 2.13. The fourth-order valence-corrected chi connectivity index (χ4v) is 3.21. The van der Waals surface area contributed by atoms with E-state index in [-0.39, 0.29) is 23.8 Å². The minimum atomic E-state index is -0.0701. The molecule has 7 nitrogen and oxygen atoms in total. The van der Waals surface area contributed by atoms with Crippen LogP contribution in [0.4, 0.5) is 5.69 Å². The zero-order chi connectivity index (χ0) is 20.5. The number of hydrogen-bond donors (Lipinski definition) is 3. The van der Waals surface area contributed by atoms with Crippen molar-refractivity contribution in [3.63, 3.8) is 0 Å². The largest absolute Gasteiger partial charge is 0.357 e. The number of rotatable bonds is 7. The summed E-state index contributed by atoms with van der Waals surface area (Å²) in [5.41, 5.74) is 1.97. The smallest absolute Gasteiger partial charge is 0.225 e. The van der Waals surface area contributed by atoms with E-state index < -0.39 is 0 Å². The molecule has 7 heteroatoms. The van der Waals surface area contributed by atoms with Crippen LogP contribution >= 0.6 is 0 Å². The number of anilines is 1. The third-order valence-corrected chi connectivity index (χ3v) is 4.62. The topological polar surface area (TPSA) is 85.8 Å².